The summed E-state index contributed by atoms with van der Waals surface area (Å²) in [5.74, 6) is 0.907. The van der Waals surface area contributed by atoms with Crippen LogP contribution >= 0.6 is 0 Å². The summed E-state index contributed by atoms with van der Waals surface area (Å²) in [5, 5.41) is 0. The average Bonchev–Trinajstić information content (AvgIpc) is 2.87. The zero-order valence-corrected chi connectivity index (χ0v) is 20.7. The average molecular weight is 486 g/mol. The second-order valence-electron chi connectivity index (χ2n) is 7.64. The lowest BCUT2D eigenvalue weighted by Gasteiger charge is -2.34. The van der Waals surface area contributed by atoms with Gasteiger partial charge < -0.3 is 18.9 Å². The molecule has 0 fully saturated rings. The van der Waals surface area contributed by atoms with E-state index in [1.54, 1.807) is 38.5 Å². The highest BCUT2D eigenvalue weighted by atomic mass is 32.2. The molecule has 182 valence electrons. The van der Waals surface area contributed by atoms with Gasteiger partial charge in [0.25, 0.3) is 0 Å². The quantitative estimate of drug-likeness (QED) is 0.357. The Hall–Kier alpha value is -2.91. The minimum atomic E-state index is -3.82. The van der Waals surface area contributed by atoms with Crippen molar-refractivity contribution in [3.63, 3.8) is 0 Å². The molecule has 0 radical (unpaired) electrons. The van der Waals surface area contributed by atoms with Crippen molar-refractivity contribution in [1.29, 1.82) is 0 Å². The fourth-order valence-corrected chi connectivity index (χ4v) is 5.52. The lowest BCUT2D eigenvalue weighted by molar-refractivity contribution is -0.110. The van der Waals surface area contributed by atoms with Gasteiger partial charge in [0.2, 0.25) is 10.0 Å². The van der Waals surface area contributed by atoms with Crippen LogP contribution in [0.1, 0.15) is 22.7 Å². The fraction of sp³-hybridized carbons (Fsp3) is 0.308. The van der Waals surface area contributed by atoms with Crippen LogP contribution in [-0.4, -0.2) is 54.0 Å². The van der Waals surface area contributed by atoms with Gasteiger partial charge in [0.15, 0.2) is 17.8 Å². The molecule has 7 nitrogen and oxygen atoms in total. The van der Waals surface area contributed by atoms with Crippen molar-refractivity contribution in [2.75, 3.05) is 35.0 Å². The van der Waals surface area contributed by atoms with E-state index in [9.17, 15) is 8.42 Å². The van der Waals surface area contributed by atoms with Crippen LogP contribution in [0.15, 0.2) is 78.9 Å². The summed E-state index contributed by atoms with van der Waals surface area (Å²) in [6, 6.07) is 23.3. The first-order valence-electron chi connectivity index (χ1n) is 10.8. The van der Waals surface area contributed by atoms with Crippen molar-refractivity contribution >= 4 is 10.0 Å². The summed E-state index contributed by atoms with van der Waals surface area (Å²) in [4.78, 5) is 0. The van der Waals surface area contributed by atoms with Gasteiger partial charge in [-0.3, -0.25) is 0 Å². The van der Waals surface area contributed by atoms with Crippen LogP contribution in [-0.2, 0) is 25.2 Å². The maximum Gasteiger partial charge on any atom is 0.219 e. The van der Waals surface area contributed by atoms with Crippen LogP contribution in [0.3, 0.4) is 0 Å². The van der Waals surface area contributed by atoms with E-state index in [1.165, 1.54) is 18.5 Å². The van der Waals surface area contributed by atoms with Gasteiger partial charge in [0.1, 0.15) is 0 Å². The summed E-state index contributed by atoms with van der Waals surface area (Å²) >= 11 is 0. The molecule has 0 spiro atoms. The van der Waals surface area contributed by atoms with E-state index in [4.69, 9.17) is 18.9 Å². The Balaban J connectivity index is 2.17. The fourth-order valence-electron chi connectivity index (χ4n) is 3.82. The Morgan fingerprint density at radius 1 is 0.735 bits per heavy atom. The molecule has 3 aromatic rings. The number of hydrogen-bond donors (Lipinski definition) is 0. The van der Waals surface area contributed by atoms with Crippen molar-refractivity contribution in [3.05, 3.63) is 95.6 Å². The first kappa shape index (κ1) is 25.7. The second kappa shape index (κ2) is 12.0. The molecule has 0 aliphatic rings. The molecule has 0 aliphatic carbocycles. The lowest BCUT2D eigenvalue weighted by Crippen LogP contribution is -2.42. The van der Waals surface area contributed by atoms with Crippen molar-refractivity contribution in [2.24, 2.45) is 0 Å². The van der Waals surface area contributed by atoms with Crippen LogP contribution in [0.5, 0.6) is 11.5 Å². The Labute approximate surface area is 201 Å². The Kier molecular flexibility index (Phi) is 9.06. The van der Waals surface area contributed by atoms with Gasteiger partial charge in [-0.25, -0.2) is 8.42 Å². The molecule has 8 heteroatoms. The van der Waals surface area contributed by atoms with E-state index in [2.05, 4.69) is 0 Å². The monoisotopic (exact) mass is 485 g/mol. The third kappa shape index (κ3) is 6.15. The minimum absolute atomic E-state index is 0.00390. The van der Waals surface area contributed by atoms with Gasteiger partial charge in [0, 0.05) is 14.2 Å². The third-order valence-corrected chi connectivity index (χ3v) is 7.30. The molecule has 0 saturated carbocycles. The van der Waals surface area contributed by atoms with E-state index in [-0.39, 0.29) is 12.3 Å². The zero-order chi connectivity index (χ0) is 24.6. The van der Waals surface area contributed by atoms with Gasteiger partial charge in [-0.15, -0.1) is 0 Å². The summed E-state index contributed by atoms with van der Waals surface area (Å²) in [5.41, 5.74) is 2.22. The molecule has 3 aromatic carbocycles. The first-order chi connectivity index (χ1) is 16.4. The number of benzene rings is 3. The molecule has 0 N–H and O–H groups in total. The summed E-state index contributed by atoms with van der Waals surface area (Å²) < 4.78 is 50.9. The van der Waals surface area contributed by atoms with Gasteiger partial charge in [-0.2, -0.15) is 4.31 Å². The van der Waals surface area contributed by atoms with Crippen molar-refractivity contribution in [1.82, 2.24) is 4.31 Å². The van der Waals surface area contributed by atoms with Gasteiger partial charge >= 0.3 is 0 Å². The maximum atomic E-state index is 13.9. The first-order valence-corrected chi connectivity index (χ1v) is 12.4. The molecular formula is C26H31NO6S. The van der Waals surface area contributed by atoms with Crippen LogP contribution in [0.4, 0.5) is 0 Å². The number of rotatable bonds is 12. The number of ether oxygens (including phenoxy) is 4. The molecule has 1 unspecified atom stereocenters. The van der Waals surface area contributed by atoms with Crippen molar-refractivity contribution in [2.45, 2.75) is 18.1 Å². The standard InChI is InChI=1S/C26H31NO6S/c1-30-23-16-15-22(17-24(23)31-2)26(21-13-9-6-10-14-21)27(18-25(32-3)33-4)34(28,29)19-20-11-7-5-8-12-20/h5-17,25-26H,18-19H2,1-4H3. The van der Waals surface area contributed by atoms with E-state index in [0.717, 1.165) is 11.1 Å². The van der Waals surface area contributed by atoms with Crippen LogP contribution in [0, 0.1) is 0 Å². The minimum Gasteiger partial charge on any atom is -0.493 e. The summed E-state index contributed by atoms with van der Waals surface area (Å²) in [7, 11) is 2.27. The lowest BCUT2D eigenvalue weighted by atomic mass is 9.98. The second-order valence-corrected chi connectivity index (χ2v) is 9.56. The molecule has 0 aromatic heterocycles. The normalized spacial score (nSPS) is 12.6. The highest BCUT2D eigenvalue weighted by Gasteiger charge is 2.35. The van der Waals surface area contributed by atoms with Crippen molar-refractivity contribution in [3.8, 4) is 11.5 Å². The summed E-state index contributed by atoms with van der Waals surface area (Å²) in [6.45, 7) is -0.00390. The highest BCUT2D eigenvalue weighted by molar-refractivity contribution is 7.88. The number of nitrogens with zero attached hydrogens (tertiary/aromatic N) is 1. The van der Waals surface area contributed by atoms with Crippen LogP contribution in [0.2, 0.25) is 0 Å². The SMILES string of the molecule is COc1ccc(C(c2ccccc2)N(CC(OC)OC)S(=O)(=O)Cc2ccccc2)cc1OC. The zero-order valence-electron chi connectivity index (χ0n) is 19.9. The van der Waals surface area contributed by atoms with Crippen LogP contribution < -0.4 is 9.47 Å². The van der Waals surface area contributed by atoms with E-state index in [1.807, 2.05) is 54.6 Å². The predicted octanol–water partition coefficient (Wildman–Crippen LogP) is 4.24. The Morgan fingerprint density at radius 3 is 1.88 bits per heavy atom. The van der Waals surface area contributed by atoms with Gasteiger partial charge in [0.05, 0.1) is 32.6 Å². The molecule has 1 atom stereocenters. The predicted molar refractivity (Wildman–Crippen MR) is 131 cm³/mol. The molecule has 0 bridgehead atoms. The molecular weight excluding hydrogens is 454 g/mol. The van der Waals surface area contributed by atoms with E-state index < -0.39 is 22.4 Å². The number of sulfonamides is 1. The molecule has 0 saturated heterocycles. The molecule has 34 heavy (non-hydrogen) atoms. The molecule has 3 rings (SSSR count). The van der Waals surface area contributed by atoms with Gasteiger partial charge in [-0.1, -0.05) is 66.7 Å². The highest BCUT2D eigenvalue weighted by Crippen LogP contribution is 2.37. The Morgan fingerprint density at radius 2 is 1.32 bits per heavy atom. The third-order valence-electron chi connectivity index (χ3n) is 5.53. The largest absolute Gasteiger partial charge is 0.493 e. The smallest absolute Gasteiger partial charge is 0.219 e. The maximum absolute atomic E-state index is 13.9. The molecule has 0 heterocycles. The van der Waals surface area contributed by atoms with E-state index in [0.29, 0.717) is 17.1 Å². The van der Waals surface area contributed by atoms with Crippen molar-refractivity contribution < 1.29 is 27.4 Å². The molecule has 0 amide bonds. The van der Waals surface area contributed by atoms with Gasteiger partial charge in [-0.05, 0) is 28.8 Å². The van der Waals surface area contributed by atoms with E-state index >= 15 is 0 Å². The number of hydrogen-bond acceptors (Lipinski definition) is 6. The topological polar surface area (TPSA) is 74.3 Å². The molecule has 0 aliphatic heterocycles. The Bertz CT molecular complexity index is 1130. The van der Waals surface area contributed by atoms with Crippen LogP contribution in [0.25, 0.3) is 0 Å². The number of methoxy groups -OCH3 is 4. The summed E-state index contributed by atoms with van der Waals surface area (Å²) in [6.07, 6.45) is -0.753.